The molecule has 0 aliphatic heterocycles. The number of ether oxygens (including phenoxy) is 1. The first-order valence-electron chi connectivity index (χ1n) is 4.95. The Morgan fingerprint density at radius 1 is 1.47 bits per heavy atom. The Labute approximate surface area is 89.4 Å². The zero-order valence-corrected chi connectivity index (χ0v) is 8.77. The number of carbonyl (C=O) groups excluding carboxylic acids is 1. The van der Waals surface area contributed by atoms with Gasteiger partial charge in [0.15, 0.2) is 0 Å². The minimum Gasteiger partial charge on any atom is -0.410 e. The Morgan fingerprint density at radius 3 is 2.73 bits per heavy atom. The molecular formula is C11H16N2O2. The fraction of sp³-hybridized carbons (Fsp3) is 0.364. The molecular weight excluding hydrogens is 192 g/mol. The molecule has 0 radical (unpaired) electrons. The molecule has 4 nitrogen and oxygen atoms in total. The maximum atomic E-state index is 11.2. The maximum absolute atomic E-state index is 11.2. The van der Waals surface area contributed by atoms with Crippen LogP contribution in [0.25, 0.3) is 0 Å². The average molecular weight is 208 g/mol. The summed E-state index contributed by atoms with van der Waals surface area (Å²) < 4.78 is 5.01. The van der Waals surface area contributed by atoms with E-state index in [1.807, 2.05) is 25.1 Å². The highest BCUT2D eigenvalue weighted by Crippen LogP contribution is 2.07. The predicted molar refractivity (Wildman–Crippen MR) is 58.7 cm³/mol. The average Bonchev–Trinajstić information content (AvgIpc) is 2.18. The monoisotopic (exact) mass is 208 g/mol. The van der Waals surface area contributed by atoms with Crippen LogP contribution in [-0.4, -0.2) is 18.7 Å². The third-order valence-corrected chi connectivity index (χ3v) is 1.82. The van der Waals surface area contributed by atoms with Crippen molar-refractivity contribution in [2.75, 3.05) is 6.54 Å². The summed E-state index contributed by atoms with van der Waals surface area (Å²) in [5, 5.41) is 2.62. The van der Waals surface area contributed by atoms with Gasteiger partial charge in [0.1, 0.15) is 5.75 Å². The minimum absolute atomic E-state index is 0.0852. The first-order valence-corrected chi connectivity index (χ1v) is 4.95. The molecule has 1 aromatic rings. The fourth-order valence-electron chi connectivity index (χ4n) is 1.03. The Bertz CT molecular complexity index is 299. The second kappa shape index (κ2) is 6.03. The number of para-hydroxylation sites is 1. The second-order valence-corrected chi connectivity index (χ2v) is 3.40. The van der Waals surface area contributed by atoms with Crippen molar-refractivity contribution in [2.24, 2.45) is 5.73 Å². The first kappa shape index (κ1) is 11.5. The molecule has 1 unspecified atom stereocenters. The summed E-state index contributed by atoms with van der Waals surface area (Å²) in [5.41, 5.74) is 5.54. The molecule has 0 bridgehead atoms. The van der Waals surface area contributed by atoms with E-state index in [0.29, 0.717) is 12.3 Å². The molecule has 0 aromatic heterocycles. The van der Waals surface area contributed by atoms with Crippen molar-refractivity contribution in [3.63, 3.8) is 0 Å². The van der Waals surface area contributed by atoms with Crippen molar-refractivity contribution in [2.45, 2.75) is 19.4 Å². The van der Waals surface area contributed by atoms with Gasteiger partial charge in [0, 0.05) is 12.6 Å². The molecule has 0 aliphatic rings. The molecule has 82 valence electrons. The van der Waals surface area contributed by atoms with E-state index < -0.39 is 6.09 Å². The van der Waals surface area contributed by atoms with Crippen LogP contribution in [0.15, 0.2) is 30.3 Å². The Kier molecular flexibility index (Phi) is 4.63. The molecule has 1 aromatic carbocycles. The van der Waals surface area contributed by atoms with Crippen LogP contribution in [0.4, 0.5) is 4.79 Å². The highest BCUT2D eigenvalue weighted by molar-refractivity contribution is 5.70. The lowest BCUT2D eigenvalue weighted by Gasteiger charge is -2.07. The quantitative estimate of drug-likeness (QED) is 0.788. The number of amides is 1. The first-order chi connectivity index (χ1) is 7.18. The summed E-state index contributed by atoms with van der Waals surface area (Å²) in [5.74, 6) is 0.538. The molecule has 4 heteroatoms. The van der Waals surface area contributed by atoms with E-state index >= 15 is 0 Å². The minimum atomic E-state index is -0.443. The van der Waals surface area contributed by atoms with Gasteiger partial charge >= 0.3 is 6.09 Å². The highest BCUT2D eigenvalue weighted by Gasteiger charge is 2.02. The van der Waals surface area contributed by atoms with Gasteiger partial charge in [-0.25, -0.2) is 4.79 Å². The SMILES string of the molecule is CC(N)CCNC(=O)Oc1ccccc1. The number of hydrogen-bond acceptors (Lipinski definition) is 3. The Hall–Kier alpha value is -1.55. The number of nitrogens with two attached hydrogens (primary N) is 1. The van der Waals surface area contributed by atoms with Gasteiger partial charge in [-0.05, 0) is 25.5 Å². The van der Waals surface area contributed by atoms with Crippen molar-refractivity contribution in [3.8, 4) is 5.75 Å². The van der Waals surface area contributed by atoms with Gasteiger partial charge in [0.25, 0.3) is 0 Å². The van der Waals surface area contributed by atoms with E-state index in [-0.39, 0.29) is 6.04 Å². The molecule has 15 heavy (non-hydrogen) atoms. The van der Waals surface area contributed by atoms with Gasteiger partial charge in [0.05, 0.1) is 0 Å². The standard InChI is InChI=1S/C11H16N2O2/c1-9(12)7-8-13-11(14)15-10-5-3-2-4-6-10/h2-6,9H,7-8,12H2,1H3,(H,13,14). The third kappa shape index (κ3) is 5.02. The molecule has 0 spiro atoms. The lowest BCUT2D eigenvalue weighted by Crippen LogP contribution is -2.31. The molecule has 1 amide bonds. The molecule has 0 fully saturated rings. The lowest BCUT2D eigenvalue weighted by molar-refractivity contribution is 0.200. The molecule has 3 N–H and O–H groups in total. The van der Waals surface area contributed by atoms with Crippen molar-refractivity contribution in [1.29, 1.82) is 0 Å². The molecule has 0 saturated carbocycles. The molecule has 1 atom stereocenters. The summed E-state index contributed by atoms with van der Waals surface area (Å²) in [4.78, 5) is 11.2. The summed E-state index contributed by atoms with van der Waals surface area (Å²) in [6.45, 7) is 2.42. The van der Waals surface area contributed by atoms with E-state index in [1.54, 1.807) is 12.1 Å². The summed E-state index contributed by atoms with van der Waals surface area (Å²) in [6, 6.07) is 9.02. The molecule has 0 heterocycles. The second-order valence-electron chi connectivity index (χ2n) is 3.40. The number of nitrogens with one attached hydrogen (secondary N) is 1. The largest absolute Gasteiger partial charge is 0.412 e. The van der Waals surface area contributed by atoms with Gasteiger partial charge in [-0.15, -0.1) is 0 Å². The van der Waals surface area contributed by atoms with E-state index in [2.05, 4.69) is 5.32 Å². The van der Waals surface area contributed by atoms with Crippen LogP contribution >= 0.6 is 0 Å². The van der Waals surface area contributed by atoms with Crippen molar-refractivity contribution < 1.29 is 9.53 Å². The zero-order valence-electron chi connectivity index (χ0n) is 8.77. The van der Waals surface area contributed by atoms with Gasteiger partial charge in [-0.1, -0.05) is 18.2 Å². The number of rotatable bonds is 4. The van der Waals surface area contributed by atoms with Gasteiger partial charge in [0.2, 0.25) is 0 Å². The van der Waals surface area contributed by atoms with Crippen LogP contribution in [-0.2, 0) is 0 Å². The molecule has 1 rings (SSSR count). The predicted octanol–water partition coefficient (Wildman–Crippen LogP) is 1.51. The topological polar surface area (TPSA) is 64.3 Å². The summed E-state index contributed by atoms with van der Waals surface area (Å²) in [6.07, 6.45) is 0.297. The Balaban J connectivity index is 2.25. The Morgan fingerprint density at radius 2 is 2.13 bits per heavy atom. The molecule has 0 aliphatic carbocycles. The van der Waals surface area contributed by atoms with Crippen molar-refractivity contribution >= 4 is 6.09 Å². The van der Waals surface area contributed by atoms with Gasteiger partial charge < -0.3 is 15.8 Å². The summed E-state index contributed by atoms with van der Waals surface area (Å²) >= 11 is 0. The third-order valence-electron chi connectivity index (χ3n) is 1.82. The van der Waals surface area contributed by atoms with E-state index in [9.17, 15) is 4.79 Å². The lowest BCUT2D eigenvalue weighted by atomic mass is 10.2. The van der Waals surface area contributed by atoms with Crippen LogP contribution < -0.4 is 15.8 Å². The van der Waals surface area contributed by atoms with Crippen LogP contribution in [0.1, 0.15) is 13.3 Å². The van der Waals surface area contributed by atoms with Crippen molar-refractivity contribution in [1.82, 2.24) is 5.32 Å². The van der Waals surface area contributed by atoms with E-state index in [0.717, 1.165) is 6.42 Å². The van der Waals surface area contributed by atoms with E-state index in [1.165, 1.54) is 0 Å². The van der Waals surface area contributed by atoms with Gasteiger partial charge in [-0.2, -0.15) is 0 Å². The zero-order chi connectivity index (χ0) is 11.1. The van der Waals surface area contributed by atoms with Crippen LogP contribution in [0.5, 0.6) is 5.75 Å². The van der Waals surface area contributed by atoms with Gasteiger partial charge in [-0.3, -0.25) is 0 Å². The van der Waals surface area contributed by atoms with E-state index in [4.69, 9.17) is 10.5 Å². The number of benzene rings is 1. The highest BCUT2D eigenvalue weighted by atomic mass is 16.5. The maximum Gasteiger partial charge on any atom is 0.412 e. The fourth-order valence-corrected chi connectivity index (χ4v) is 1.03. The summed E-state index contributed by atoms with van der Waals surface area (Å²) in [7, 11) is 0. The van der Waals surface area contributed by atoms with Crippen molar-refractivity contribution in [3.05, 3.63) is 30.3 Å². The normalized spacial score (nSPS) is 11.9. The number of carbonyl (C=O) groups is 1. The number of hydrogen-bond donors (Lipinski definition) is 2. The van der Waals surface area contributed by atoms with Crippen LogP contribution in [0.3, 0.4) is 0 Å². The van der Waals surface area contributed by atoms with Crippen LogP contribution in [0.2, 0.25) is 0 Å². The molecule has 0 saturated heterocycles. The van der Waals surface area contributed by atoms with Crippen LogP contribution in [0, 0.1) is 0 Å². The smallest absolute Gasteiger partial charge is 0.410 e.